The lowest BCUT2D eigenvalue weighted by Gasteiger charge is -2.10. The zero-order valence-electron chi connectivity index (χ0n) is 6.05. The second-order valence-electron chi connectivity index (χ2n) is 3.34. The minimum Gasteiger partial charge on any atom is -0.298 e. The van der Waals surface area contributed by atoms with Gasteiger partial charge in [-0.15, -0.1) is 0 Å². The Morgan fingerprint density at radius 1 is 1.40 bits per heavy atom. The molecule has 1 fully saturated rings. The molecule has 0 spiro atoms. The van der Waals surface area contributed by atoms with Gasteiger partial charge in [0.2, 0.25) is 0 Å². The van der Waals surface area contributed by atoms with Crippen molar-refractivity contribution in [2.75, 3.05) is 11.5 Å². The number of carbonyl (C=O) groups is 1. The second-order valence-corrected chi connectivity index (χ2v) is 5.40. The molecule has 10 heavy (non-hydrogen) atoms. The van der Waals surface area contributed by atoms with Crippen LogP contribution in [0.2, 0.25) is 0 Å². The maximum absolute atomic E-state index is 10.9. The molecule has 1 aliphatic rings. The maximum Gasteiger partial charge on any atom is 0.158 e. The fourth-order valence-electron chi connectivity index (χ4n) is 1.08. The molecule has 0 aromatic carbocycles. The van der Waals surface area contributed by atoms with Gasteiger partial charge in [-0.2, -0.15) is 0 Å². The van der Waals surface area contributed by atoms with E-state index >= 15 is 0 Å². The van der Waals surface area contributed by atoms with Crippen LogP contribution in [0.5, 0.6) is 0 Å². The number of hydrogen-bond acceptors (Lipinski definition) is 3. The van der Waals surface area contributed by atoms with E-state index in [2.05, 4.69) is 0 Å². The molecule has 58 valence electrons. The lowest BCUT2D eigenvalue weighted by molar-refractivity contribution is -0.122. The van der Waals surface area contributed by atoms with Crippen LogP contribution in [0.4, 0.5) is 0 Å². The van der Waals surface area contributed by atoms with Crippen molar-refractivity contribution < 1.29 is 13.2 Å². The van der Waals surface area contributed by atoms with Crippen molar-refractivity contribution in [2.24, 2.45) is 5.41 Å². The first-order valence-corrected chi connectivity index (χ1v) is 4.89. The highest BCUT2D eigenvalue weighted by atomic mass is 32.2. The van der Waals surface area contributed by atoms with Crippen LogP contribution in [0.25, 0.3) is 0 Å². The molecular formula is C6H10O3S. The van der Waals surface area contributed by atoms with Crippen molar-refractivity contribution in [3.63, 3.8) is 0 Å². The second kappa shape index (κ2) is 1.81. The summed E-state index contributed by atoms with van der Waals surface area (Å²) >= 11 is 0. The average Bonchev–Trinajstić information content (AvgIpc) is 1.73. The minimum atomic E-state index is -3.05. The lowest BCUT2D eigenvalue weighted by atomic mass is 9.92. The van der Waals surface area contributed by atoms with Crippen LogP contribution in [0.3, 0.4) is 0 Å². The Hall–Kier alpha value is -0.380. The zero-order chi connectivity index (χ0) is 7.99. The molecule has 0 unspecified atom stereocenters. The van der Waals surface area contributed by atoms with Gasteiger partial charge < -0.3 is 0 Å². The molecule has 3 nitrogen and oxygen atoms in total. The molecule has 0 N–H and O–H groups in total. The van der Waals surface area contributed by atoms with Crippen LogP contribution in [-0.2, 0) is 14.6 Å². The van der Waals surface area contributed by atoms with Crippen molar-refractivity contribution in [2.45, 2.75) is 13.8 Å². The van der Waals surface area contributed by atoms with Crippen LogP contribution in [-0.4, -0.2) is 25.7 Å². The van der Waals surface area contributed by atoms with Crippen LogP contribution in [0.1, 0.15) is 13.8 Å². The molecule has 0 amide bonds. The Kier molecular flexibility index (Phi) is 1.40. The van der Waals surface area contributed by atoms with Gasteiger partial charge in [-0.25, -0.2) is 8.42 Å². The van der Waals surface area contributed by atoms with E-state index in [4.69, 9.17) is 0 Å². The van der Waals surface area contributed by atoms with Gasteiger partial charge in [-0.05, 0) is 0 Å². The summed E-state index contributed by atoms with van der Waals surface area (Å²) < 4.78 is 21.7. The highest BCUT2D eigenvalue weighted by Gasteiger charge is 2.42. The summed E-state index contributed by atoms with van der Waals surface area (Å²) in [6, 6.07) is 0. The van der Waals surface area contributed by atoms with Crippen molar-refractivity contribution in [1.29, 1.82) is 0 Å². The normalized spacial score (nSPS) is 28.8. The van der Waals surface area contributed by atoms with Gasteiger partial charge in [0.25, 0.3) is 0 Å². The van der Waals surface area contributed by atoms with E-state index in [1.807, 2.05) is 0 Å². The van der Waals surface area contributed by atoms with Gasteiger partial charge in [0, 0.05) is 5.41 Å². The van der Waals surface area contributed by atoms with Crippen LogP contribution in [0.15, 0.2) is 0 Å². The van der Waals surface area contributed by atoms with Crippen LogP contribution >= 0.6 is 0 Å². The van der Waals surface area contributed by atoms with E-state index in [1.54, 1.807) is 13.8 Å². The van der Waals surface area contributed by atoms with Crippen LogP contribution < -0.4 is 0 Å². The fourth-order valence-corrected chi connectivity index (χ4v) is 3.23. The molecule has 1 rings (SSSR count). The Balaban J connectivity index is 3.03. The summed E-state index contributed by atoms with van der Waals surface area (Å²) in [5, 5.41) is 0. The number of sulfone groups is 1. The predicted molar refractivity (Wildman–Crippen MR) is 37.4 cm³/mol. The summed E-state index contributed by atoms with van der Waals surface area (Å²) in [7, 11) is -3.05. The van der Waals surface area contributed by atoms with Crippen molar-refractivity contribution in [3.8, 4) is 0 Å². The van der Waals surface area contributed by atoms with Crippen molar-refractivity contribution in [1.82, 2.24) is 0 Å². The summed E-state index contributed by atoms with van der Waals surface area (Å²) in [4.78, 5) is 10.9. The third kappa shape index (κ3) is 1.21. The van der Waals surface area contributed by atoms with E-state index in [9.17, 15) is 13.2 Å². The molecule has 0 saturated carbocycles. The number of hydrogen-bond donors (Lipinski definition) is 0. The summed E-state index contributed by atoms with van der Waals surface area (Å²) in [6.07, 6.45) is 0. The van der Waals surface area contributed by atoms with E-state index in [1.165, 1.54) is 0 Å². The topological polar surface area (TPSA) is 51.2 Å². The number of carbonyl (C=O) groups excluding carboxylic acids is 1. The molecule has 1 heterocycles. The molecule has 4 heteroatoms. The van der Waals surface area contributed by atoms with E-state index in [0.29, 0.717) is 0 Å². The molecule has 0 aromatic rings. The highest BCUT2D eigenvalue weighted by molar-refractivity contribution is 7.92. The number of rotatable bonds is 0. The average molecular weight is 162 g/mol. The van der Waals surface area contributed by atoms with Gasteiger partial charge in [0.15, 0.2) is 15.6 Å². The first-order valence-electron chi connectivity index (χ1n) is 3.07. The summed E-state index contributed by atoms with van der Waals surface area (Å²) in [5.41, 5.74) is -0.640. The predicted octanol–water partition coefficient (Wildman–Crippen LogP) is 0.0101. The SMILES string of the molecule is CC1(C)CS(=O)(=O)CC1=O. The van der Waals surface area contributed by atoms with Gasteiger partial charge in [0.1, 0.15) is 5.75 Å². The first-order chi connectivity index (χ1) is 4.33. The van der Waals surface area contributed by atoms with E-state index in [0.717, 1.165) is 0 Å². The molecule has 0 radical (unpaired) electrons. The van der Waals surface area contributed by atoms with Gasteiger partial charge in [-0.1, -0.05) is 13.8 Å². The molecule has 1 aliphatic heterocycles. The maximum atomic E-state index is 10.9. The minimum absolute atomic E-state index is 0.0127. The largest absolute Gasteiger partial charge is 0.298 e. The number of ketones is 1. The molecule has 0 bridgehead atoms. The van der Waals surface area contributed by atoms with Gasteiger partial charge >= 0.3 is 0 Å². The molecule has 0 aliphatic carbocycles. The Labute approximate surface area is 60.3 Å². The van der Waals surface area contributed by atoms with E-state index in [-0.39, 0.29) is 17.3 Å². The third-order valence-corrected chi connectivity index (χ3v) is 3.55. The molecular weight excluding hydrogens is 152 g/mol. The summed E-state index contributed by atoms with van der Waals surface area (Å²) in [6.45, 7) is 3.33. The van der Waals surface area contributed by atoms with Crippen molar-refractivity contribution >= 4 is 15.6 Å². The van der Waals surface area contributed by atoms with Crippen LogP contribution in [0, 0.1) is 5.41 Å². The highest BCUT2D eigenvalue weighted by Crippen LogP contribution is 2.26. The van der Waals surface area contributed by atoms with Gasteiger partial charge in [-0.3, -0.25) is 4.79 Å². The van der Waals surface area contributed by atoms with Gasteiger partial charge in [0.05, 0.1) is 5.75 Å². The quantitative estimate of drug-likeness (QED) is 0.504. The monoisotopic (exact) mass is 162 g/mol. The first kappa shape index (κ1) is 7.72. The standard InChI is InChI=1S/C6H10O3S/c1-6(2)4-10(8,9)3-5(6)7/h3-4H2,1-2H3. The fraction of sp³-hybridized carbons (Fsp3) is 0.833. The smallest absolute Gasteiger partial charge is 0.158 e. The zero-order valence-corrected chi connectivity index (χ0v) is 6.86. The molecule has 0 atom stereocenters. The van der Waals surface area contributed by atoms with E-state index < -0.39 is 15.3 Å². The Morgan fingerprint density at radius 3 is 2.00 bits per heavy atom. The summed E-state index contributed by atoms with van der Waals surface area (Å²) in [5.74, 6) is -0.411. The Morgan fingerprint density at radius 2 is 1.90 bits per heavy atom. The Bertz CT molecular complexity index is 261. The van der Waals surface area contributed by atoms with Crippen molar-refractivity contribution in [3.05, 3.63) is 0 Å². The molecule has 0 aromatic heterocycles. The lowest BCUT2D eigenvalue weighted by Crippen LogP contribution is -2.21. The number of Topliss-reactive ketones (excluding diaryl/α,β-unsaturated/α-hetero) is 1. The third-order valence-electron chi connectivity index (χ3n) is 1.69. The molecule has 1 saturated heterocycles.